The van der Waals surface area contributed by atoms with Gasteiger partial charge in [0.15, 0.2) is 11.0 Å². The van der Waals surface area contributed by atoms with Crippen LogP contribution in [0, 0.1) is 0 Å². The van der Waals surface area contributed by atoms with Gasteiger partial charge in [0.05, 0.1) is 0 Å². The predicted octanol–water partition coefficient (Wildman–Crippen LogP) is 3.00. The van der Waals surface area contributed by atoms with Crippen molar-refractivity contribution in [3.63, 3.8) is 0 Å². The summed E-state index contributed by atoms with van der Waals surface area (Å²) in [5.74, 6) is 0.600. The SMILES string of the molecule is CCc1ccc(OCc2nnc(S[C@@H](C)C(=O)O)n2CC)cc1. The number of carboxylic acid groups (broad SMARTS) is 1. The molecule has 124 valence electrons. The maximum absolute atomic E-state index is 11.0. The molecule has 0 aliphatic carbocycles. The minimum Gasteiger partial charge on any atom is -0.486 e. The predicted molar refractivity (Wildman–Crippen MR) is 88.8 cm³/mol. The van der Waals surface area contributed by atoms with E-state index < -0.39 is 11.2 Å². The van der Waals surface area contributed by atoms with Crippen molar-refractivity contribution in [1.82, 2.24) is 14.8 Å². The molecule has 23 heavy (non-hydrogen) atoms. The smallest absolute Gasteiger partial charge is 0.316 e. The van der Waals surface area contributed by atoms with E-state index in [1.54, 1.807) is 6.92 Å². The summed E-state index contributed by atoms with van der Waals surface area (Å²) >= 11 is 1.18. The number of thioether (sulfide) groups is 1. The number of aryl methyl sites for hydroxylation is 1. The normalized spacial score (nSPS) is 12.1. The van der Waals surface area contributed by atoms with Crippen LogP contribution in [0.15, 0.2) is 29.4 Å². The van der Waals surface area contributed by atoms with Gasteiger partial charge in [-0.05, 0) is 38.0 Å². The van der Waals surface area contributed by atoms with Crippen LogP contribution >= 0.6 is 11.8 Å². The lowest BCUT2D eigenvalue weighted by Gasteiger charge is -2.10. The minimum atomic E-state index is -0.866. The third-order valence-corrected chi connectivity index (χ3v) is 4.51. The molecule has 0 radical (unpaired) electrons. The maximum Gasteiger partial charge on any atom is 0.316 e. The summed E-state index contributed by atoms with van der Waals surface area (Å²) in [4.78, 5) is 11.0. The number of carbonyl (C=O) groups is 1. The molecule has 0 fully saturated rings. The molecule has 1 aromatic carbocycles. The highest BCUT2D eigenvalue weighted by Gasteiger charge is 2.19. The summed E-state index contributed by atoms with van der Waals surface area (Å²) in [6.45, 7) is 6.67. The zero-order chi connectivity index (χ0) is 16.8. The molecule has 6 nitrogen and oxygen atoms in total. The molecule has 0 aliphatic rings. The molecule has 0 saturated carbocycles. The third-order valence-electron chi connectivity index (χ3n) is 3.44. The van der Waals surface area contributed by atoms with Crippen molar-refractivity contribution < 1.29 is 14.6 Å². The summed E-state index contributed by atoms with van der Waals surface area (Å²) in [5, 5.41) is 17.2. The van der Waals surface area contributed by atoms with Gasteiger partial charge in [-0.2, -0.15) is 0 Å². The van der Waals surface area contributed by atoms with Crippen LogP contribution in [0.25, 0.3) is 0 Å². The summed E-state index contributed by atoms with van der Waals surface area (Å²) in [6.07, 6.45) is 0.993. The number of nitrogens with zero attached hydrogens (tertiary/aromatic N) is 3. The van der Waals surface area contributed by atoms with E-state index in [1.165, 1.54) is 17.3 Å². The Labute approximate surface area is 139 Å². The van der Waals surface area contributed by atoms with E-state index in [-0.39, 0.29) is 0 Å². The maximum atomic E-state index is 11.0. The molecular weight excluding hydrogens is 314 g/mol. The number of aliphatic carboxylic acids is 1. The first kappa shape index (κ1) is 17.3. The van der Waals surface area contributed by atoms with Crippen molar-refractivity contribution in [2.75, 3.05) is 0 Å². The Kier molecular flexibility index (Phi) is 6.04. The van der Waals surface area contributed by atoms with Crippen molar-refractivity contribution in [1.29, 1.82) is 0 Å². The Balaban J connectivity index is 2.04. The van der Waals surface area contributed by atoms with Crippen molar-refractivity contribution in [2.45, 2.75) is 50.8 Å². The van der Waals surface area contributed by atoms with Gasteiger partial charge in [-0.15, -0.1) is 10.2 Å². The van der Waals surface area contributed by atoms with Crippen molar-refractivity contribution in [2.24, 2.45) is 0 Å². The lowest BCUT2D eigenvalue weighted by Crippen LogP contribution is -2.13. The van der Waals surface area contributed by atoms with E-state index in [2.05, 4.69) is 17.1 Å². The standard InChI is InChI=1S/C16H21N3O3S/c1-4-12-6-8-13(9-7-12)22-10-14-17-18-16(19(14)5-2)23-11(3)15(20)21/h6-9,11H,4-5,10H2,1-3H3,(H,20,21)/t11-/m0/s1. The largest absolute Gasteiger partial charge is 0.486 e. The molecule has 0 aliphatic heterocycles. The van der Waals surface area contributed by atoms with Gasteiger partial charge in [-0.25, -0.2) is 0 Å². The fourth-order valence-electron chi connectivity index (χ4n) is 2.01. The summed E-state index contributed by atoms with van der Waals surface area (Å²) in [5.41, 5.74) is 1.26. The topological polar surface area (TPSA) is 77.2 Å². The van der Waals surface area contributed by atoms with Gasteiger partial charge in [0.25, 0.3) is 0 Å². The van der Waals surface area contributed by atoms with E-state index in [4.69, 9.17) is 9.84 Å². The van der Waals surface area contributed by atoms with Crippen molar-refractivity contribution in [3.8, 4) is 5.75 Å². The van der Waals surface area contributed by atoms with Crippen LogP contribution in [-0.2, 0) is 24.4 Å². The minimum absolute atomic E-state index is 0.300. The molecule has 0 unspecified atom stereocenters. The first-order valence-electron chi connectivity index (χ1n) is 7.58. The monoisotopic (exact) mass is 335 g/mol. The van der Waals surface area contributed by atoms with Gasteiger partial charge in [0.2, 0.25) is 0 Å². The second kappa shape index (κ2) is 8.01. The molecule has 0 spiro atoms. The number of hydrogen-bond acceptors (Lipinski definition) is 5. The quantitative estimate of drug-likeness (QED) is 0.747. The molecule has 0 saturated heterocycles. The van der Waals surface area contributed by atoms with Gasteiger partial charge in [0, 0.05) is 6.54 Å². The number of aromatic nitrogens is 3. The number of hydrogen-bond donors (Lipinski definition) is 1. The van der Waals surface area contributed by atoms with Crippen LogP contribution in [0.5, 0.6) is 5.75 Å². The van der Waals surface area contributed by atoms with Crippen LogP contribution in [0.1, 0.15) is 32.2 Å². The number of rotatable bonds is 8. The zero-order valence-electron chi connectivity index (χ0n) is 13.5. The van der Waals surface area contributed by atoms with Gasteiger partial charge < -0.3 is 14.4 Å². The van der Waals surface area contributed by atoms with Crippen LogP contribution in [-0.4, -0.2) is 31.1 Å². The Hall–Kier alpha value is -2.02. The van der Waals surface area contributed by atoms with Gasteiger partial charge in [-0.1, -0.05) is 30.8 Å². The molecule has 2 rings (SSSR count). The Morgan fingerprint density at radius 1 is 1.30 bits per heavy atom. The van der Waals surface area contributed by atoms with E-state index in [1.807, 2.05) is 35.8 Å². The van der Waals surface area contributed by atoms with Crippen molar-refractivity contribution >= 4 is 17.7 Å². The molecule has 0 amide bonds. The van der Waals surface area contributed by atoms with Crippen LogP contribution < -0.4 is 4.74 Å². The molecule has 1 heterocycles. The first-order valence-corrected chi connectivity index (χ1v) is 8.46. The Bertz CT molecular complexity index is 655. The molecule has 1 aromatic heterocycles. The second-order valence-corrected chi connectivity index (χ2v) is 6.34. The van der Waals surface area contributed by atoms with Gasteiger partial charge >= 0.3 is 5.97 Å². The lowest BCUT2D eigenvalue weighted by atomic mass is 10.2. The molecular formula is C16H21N3O3S. The number of benzene rings is 1. The van der Waals surface area contributed by atoms with Crippen LogP contribution in [0.3, 0.4) is 0 Å². The van der Waals surface area contributed by atoms with Crippen LogP contribution in [0.2, 0.25) is 0 Å². The summed E-state index contributed by atoms with van der Waals surface area (Å²) in [7, 11) is 0. The highest BCUT2D eigenvalue weighted by molar-refractivity contribution is 8.00. The molecule has 2 aromatic rings. The van der Waals surface area contributed by atoms with Gasteiger partial charge in [0.1, 0.15) is 17.6 Å². The molecule has 0 bridgehead atoms. The fourth-order valence-corrected chi connectivity index (χ4v) is 2.88. The summed E-state index contributed by atoms with van der Waals surface area (Å²) in [6, 6.07) is 7.95. The van der Waals surface area contributed by atoms with Gasteiger partial charge in [-0.3, -0.25) is 4.79 Å². The van der Waals surface area contributed by atoms with Crippen molar-refractivity contribution in [3.05, 3.63) is 35.7 Å². The molecule has 1 N–H and O–H groups in total. The number of ether oxygens (including phenoxy) is 1. The number of carboxylic acids is 1. The third kappa shape index (κ3) is 4.48. The average Bonchev–Trinajstić information content (AvgIpc) is 2.94. The van der Waals surface area contributed by atoms with Crippen LogP contribution in [0.4, 0.5) is 0 Å². The summed E-state index contributed by atoms with van der Waals surface area (Å²) < 4.78 is 7.63. The fraction of sp³-hybridized carbons (Fsp3) is 0.438. The Morgan fingerprint density at radius 3 is 2.57 bits per heavy atom. The van der Waals surface area contributed by atoms with E-state index in [0.29, 0.717) is 24.1 Å². The Morgan fingerprint density at radius 2 is 2.00 bits per heavy atom. The highest BCUT2D eigenvalue weighted by atomic mass is 32.2. The zero-order valence-corrected chi connectivity index (χ0v) is 14.3. The molecule has 1 atom stereocenters. The first-order chi connectivity index (χ1) is 11.0. The van der Waals surface area contributed by atoms with E-state index in [0.717, 1.165) is 12.2 Å². The highest BCUT2D eigenvalue weighted by Crippen LogP contribution is 2.23. The van der Waals surface area contributed by atoms with E-state index in [9.17, 15) is 4.79 Å². The second-order valence-electron chi connectivity index (χ2n) is 5.03. The lowest BCUT2D eigenvalue weighted by molar-refractivity contribution is -0.136. The average molecular weight is 335 g/mol. The molecule has 7 heteroatoms. The van der Waals surface area contributed by atoms with E-state index >= 15 is 0 Å².